The van der Waals surface area contributed by atoms with E-state index in [2.05, 4.69) is 8.92 Å². The van der Waals surface area contributed by atoms with E-state index in [1.165, 1.54) is 24.6 Å². The molecular formula is C6H10O4S2. The van der Waals surface area contributed by atoms with Gasteiger partial charge in [0.15, 0.2) is 0 Å². The standard InChI is InChI=1S/C6H10O4S2/c1-5(7)9-3-4-11-12-10-6(2)8/h3-4H2,1-2H3. The molecule has 0 spiro atoms. The van der Waals surface area contributed by atoms with E-state index in [0.29, 0.717) is 12.4 Å². The summed E-state index contributed by atoms with van der Waals surface area (Å²) in [6.07, 6.45) is 0. The summed E-state index contributed by atoms with van der Waals surface area (Å²) in [5, 5.41) is 0. The van der Waals surface area contributed by atoms with Gasteiger partial charge in [-0.1, -0.05) is 0 Å². The summed E-state index contributed by atoms with van der Waals surface area (Å²) >= 11 is 0.989. The largest absolute Gasteiger partial charge is 0.465 e. The second-order valence-corrected chi connectivity index (χ2v) is 3.87. The second kappa shape index (κ2) is 7.30. The molecule has 0 saturated heterocycles. The maximum absolute atomic E-state index is 10.3. The predicted octanol–water partition coefficient (Wildman–Crippen LogP) is 1.41. The molecular weight excluding hydrogens is 200 g/mol. The highest BCUT2D eigenvalue weighted by Crippen LogP contribution is 2.21. The van der Waals surface area contributed by atoms with Gasteiger partial charge in [-0.05, 0) is 10.8 Å². The third kappa shape index (κ3) is 9.64. The summed E-state index contributed by atoms with van der Waals surface area (Å²) < 4.78 is 9.18. The normalized spacial score (nSPS) is 9.17. The molecule has 12 heavy (non-hydrogen) atoms. The highest BCUT2D eigenvalue weighted by atomic mass is 33.1. The Morgan fingerprint density at radius 2 is 1.92 bits per heavy atom. The van der Waals surface area contributed by atoms with Crippen molar-refractivity contribution in [3.8, 4) is 0 Å². The van der Waals surface area contributed by atoms with E-state index in [1.54, 1.807) is 0 Å². The Morgan fingerprint density at radius 3 is 2.42 bits per heavy atom. The molecule has 0 aliphatic carbocycles. The number of rotatable bonds is 5. The van der Waals surface area contributed by atoms with Crippen LogP contribution in [-0.4, -0.2) is 24.3 Å². The van der Waals surface area contributed by atoms with E-state index in [-0.39, 0.29) is 11.9 Å². The van der Waals surface area contributed by atoms with E-state index >= 15 is 0 Å². The molecule has 70 valence electrons. The zero-order valence-corrected chi connectivity index (χ0v) is 8.50. The van der Waals surface area contributed by atoms with Gasteiger partial charge in [0.25, 0.3) is 0 Å². The molecule has 0 aromatic carbocycles. The van der Waals surface area contributed by atoms with Crippen molar-refractivity contribution in [1.82, 2.24) is 0 Å². The second-order valence-electron chi connectivity index (χ2n) is 1.80. The van der Waals surface area contributed by atoms with Crippen molar-refractivity contribution < 1.29 is 18.5 Å². The highest BCUT2D eigenvalue weighted by Gasteiger charge is 1.96. The lowest BCUT2D eigenvalue weighted by Gasteiger charge is -1.99. The smallest absolute Gasteiger partial charge is 0.315 e. The third-order valence-corrected chi connectivity index (χ3v) is 2.40. The Kier molecular flexibility index (Phi) is 7.08. The van der Waals surface area contributed by atoms with Crippen LogP contribution in [0.4, 0.5) is 0 Å². The van der Waals surface area contributed by atoms with Gasteiger partial charge >= 0.3 is 11.9 Å². The van der Waals surface area contributed by atoms with Gasteiger partial charge in [0, 0.05) is 19.6 Å². The fourth-order valence-electron chi connectivity index (χ4n) is 0.325. The Bertz CT molecular complexity index is 142. The third-order valence-electron chi connectivity index (χ3n) is 0.671. The first-order valence-corrected chi connectivity index (χ1v) is 5.47. The summed E-state index contributed by atoms with van der Waals surface area (Å²) in [7, 11) is 1.32. The molecule has 0 fully saturated rings. The molecule has 6 heteroatoms. The van der Waals surface area contributed by atoms with Crippen molar-refractivity contribution in [3.63, 3.8) is 0 Å². The maximum Gasteiger partial charge on any atom is 0.315 e. The predicted molar refractivity (Wildman–Crippen MR) is 48.4 cm³/mol. The lowest BCUT2D eigenvalue weighted by Crippen LogP contribution is -2.01. The summed E-state index contributed by atoms with van der Waals surface area (Å²) in [4.78, 5) is 20.5. The van der Waals surface area contributed by atoms with Gasteiger partial charge in [-0.25, -0.2) is 0 Å². The molecule has 0 saturated carbocycles. The molecule has 0 aromatic rings. The minimum absolute atomic E-state index is 0.298. The van der Waals surface area contributed by atoms with E-state index in [9.17, 15) is 9.59 Å². The zero-order chi connectivity index (χ0) is 9.40. The zero-order valence-electron chi connectivity index (χ0n) is 6.86. The minimum atomic E-state index is -0.333. The molecule has 4 nitrogen and oxygen atoms in total. The quantitative estimate of drug-likeness (QED) is 0.296. The van der Waals surface area contributed by atoms with Gasteiger partial charge < -0.3 is 8.92 Å². The van der Waals surface area contributed by atoms with Gasteiger partial charge in [0.05, 0.1) is 0 Å². The van der Waals surface area contributed by atoms with Crippen LogP contribution < -0.4 is 0 Å². The molecule has 0 unspecified atom stereocenters. The monoisotopic (exact) mass is 210 g/mol. The first-order valence-electron chi connectivity index (χ1n) is 3.23. The van der Waals surface area contributed by atoms with Crippen LogP contribution in [0.1, 0.15) is 13.8 Å². The van der Waals surface area contributed by atoms with Crippen molar-refractivity contribution in [2.75, 3.05) is 12.4 Å². The van der Waals surface area contributed by atoms with Crippen LogP contribution in [0.3, 0.4) is 0 Å². The molecule has 0 atom stereocenters. The summed E-state index contributed by atoms with van der Waals surface area (Å²) in [6.45, 7) is 3.03. The first-order chi connectivity index (χ1) is 5.63. The number of hydrogen-bond donors (Lipinski definition) is 0. The van der Waals surface area contributed by atoms with Gasteiger partial charge in [-0.15, -0.1) is 0 Å². The molecule has 0 aliphatic rings. The van der Waals surface area contributed by atoms with Crippen LogP contribution in [-0.2, 0) is 18.5 Å². The van der Waals surface area contributed by atoms with Gasteiger partial charge in [0.1, 0.15) is 17.7 Å². The molecule has 0 heterocycles. The highest BCUT2D eigenvalue weighted by molar-refractivity contribution is 8.75. The Hall–Kier alpha value is -0.360. The van der Waals surface area contributed by atoms with E-state index in [1.807, 2.05) is 0 Å². The van der Waals surface area contributed by atoms with Crippen LogP contribution in [0, 0.1) is 0 Å². The van der Waals surface area contributed by atoms with E-state index in [0.717, 1.165) is 11.1 Å². The van der Waals surface area contributed by atoms with Crippen molar-refractivity contribution in [1.29, 1.82) is 0 Å². The SMILES string of the molecule is CC(=O)OCCSSOC(C)=O. The summed E-state index contributed by atoms with van der Waals surface area (Å²) in [5.41, 5.74) is 0. The average Bonchev–Trinajstić information content (AvgIpc) is 1.95. The summed E-state index contributed by atoms with van der Waals surface area (Å²) in [6, 6.07) is 0. The molecule has 0 aromatic heterocycles. The van der Waals surface area contributed by atoms with E-state index < -0.39 is 0 Å². The molecule has 0 radical (unpaired) electrons. The van der Waals surface area contributed by atoms with Crippen molar-refractivity contribution in [2.45, 2.75) is 13.8 Å². The lowest BCUT2D eigenvalue weighted by molar-refractivity contribution is -0.140. The number of hydrogen-bond acceptors (Lipinski definition) is 6. The molecule has 0 bridgehead atoms. The van der Waals surface area contributed by atoms with Gasteiger partial charge in [-0.3, -0.25) is 9.59 Å². The maximum atomic E-state index is 10.3. The number of carbonyl (C=O) groups excluding carboxylic acids is 2. The van der Waals surface area contributed by atoms with Crippen LogP contribution in [0.15, 0.2) is 0 Å². The number of esters is 1. The van der Waals surface area contributed by atoms with Crippen molar-refractivity contribution >= 4 is 33.8 Å². The summed E-state index contributed by atoms with van der Waals surface area (Å²) in [5.74, 6) is -0.0228. The van der Waals surface area contributed by atoms with Gasteiger partial charge in [-0.2, -0.15) is 0 Å². The first kappa shape index (κ1) is 11.6. The number of carbonyl (C=O) groups is 2. The number of ether oxygens (including phenoxy) is 1. The molecule has 0 amide bonds. The van der Waals surface area contributed by atoms with Gasteiger partial charge in [0.2, 0.25) is 0 Å². The Balaban J connectivity index is 3.01. The van der Waals surface area contributed by atoms with Crippen molar-refractivity contribution in [3.05, 3.63) is 0 Å². The van der Waals surface area contributed by atoms with Crippen LogP contribution in [0.5, 0.6) is 0 Å². The van der Waals surface area contributed by atoms with E-state index in [4.69, 9.17) is 0 Å². The van der Waals surface area contributed by atoms with Crippen LogP contribution in [0.2, 0.25) is 0 Å². The fourth-order valence-corrected chi connectivity index (χ4v) is 1.53. The Morgan fingerprint density at radius 1 is 1.25 bits per heavy atom. The molecule has 0 rings (SSSR count). The van der Waals surface area contributed by atoms with Crippen LogP contribution in [0.25, 0.3) is 0 Å². The minimum Gasteiger partial charge on any atom is -0.465 e. The molecule has 0 N–H and O–H groups in total. The van der Waals surface area contributed by atoms with Crippen molar-refractivity contribution in [2.24, 2.45) is 0 Å². The topological polar surface area (TPSA) is 52.6 Å². The van der Waals surface area contributed by atoms with Crippen LogP contribution >= 0.6 is 21.9 Å². The molecule has 0 aliphatic heterocycles. The fraction of sp³-hybridized carbons (Fsp3) is 0.667. The average molecular weight is 210 g/mol. The Labute approximate surface area is 79.0 Å². The lowest BCUT2D eigenvalue weighted by atomic mass is 10.8.